The van der Waals surface area contributed by atoms with Crippen LogP contribution in [0.1, 0.15) is 23.5 Å². The van der Waals surface area contributed by atoms with Crippen LogP contribution in [0.2, 0.25) is 0 Å². The van der Waals surface area contributed by atoms with Gasteiger partial charge in [-0.25, -0.2) is 9.97 Å². The number of hydrogen-bond acceptors (Lipinski definition) is 3. The van der Waals surface area contributed by atoms with Gasteiger partial charge in [-0.3, -0.25) is 0 Å². The summed E-state index contributed by atoms with van der Waals surface area (Å²) in [5.74, 6) is 0.908. The molecular formula is C10H12ClN3S. The molecule has 0 amide bonds. The van der Waals surface area contributed by atoms with Crippen LogP contribution in [0.4, 0.5) is 0 Å². The van der Waals surface area contributed by atoms with E-state index in [0.29, 0.717) is 11.8 Å². The molecule has 80 valence electrons. The summed E-state index contributed by atoms with van der Waals surface area (Å²) in [7, 11) is 0. The minimum Gasteiger partial charge on any atom is -0.333 e. The number of alkyl halides is 1. The Hall–Kier alpha value is -0.870. The maximum Gasteiger partial charge on any atom is 0.0970 e. The highest BCUT2D eigenvalue weighted by Gasteiger charge is 2.10. The van der Waals surface area contributed by atoms with Crippen LogP contribution in [-0.2, 0) is 12.4 Å². The predicted molar refractivity (Wildman–Crippen MR) is 62.3 cm³/mol. The number of hydrogen-bond donors (Lipinski definition) is 0. The lowest BCUT2D eigenvalue weighted by Crippen LogP contribution is -2.07. The van der Waals surface area contributed by atoms with Crippen LogP contribution in [0.3, 0.4) is 0 Å². The molecule has 0 aromatic carbocycles. The fourth-order valence-electron chi connectivity index (χ4n) is 1.47. The second-order valence-corrected chi connectivity index (χ2v) is 4.64. The van der Waals surface area contributed by atoms with Crippen molar-refractivity contribution in [1.29, 1.82) is 0 Å². The summed E-state index contributed by atoms with van der Waals surface area (Å²) >= 11 is 7.50. The van der Waals surface area contributed by atoms with Gasteiger partial charge in [-0.05, 0) is 0 Å². The molecule has 0 radical (unpaired) electrons. The van der Waals surface area contributed by atoms with E-state index in [-0.39, 0.29) is 0 Å². The molecule has 0 aliphatic heterocycles. The fourth-order valence-corrected chi connectivity index (χ4v) is 2.39. The number of imidazole rings is 1. The average molecular weight is 242 g/mol. The standard InChI is InChI=1S/C10H12ClN3S/c1-8(10-13-2-3-15-10)6-14-7-12-5-9(14)4-11/h2-3,5,7-8H,4,6H2,1H3. The van der Waals surface area contributed by atoms with E-state index >= 15 is 0 Å². The van der Waals surface area contributed by atoms with Gasteiger partial charge in [0.1, 0.15) is 0 Å². The van der Waals surface area contributed by atoms with Gasteiger partial charge in [0, 0.05) is 30.2 Å². The molecule has 1 unspecified atom stereocenters. The van der Waals surface area contributed by atoms with Gasteiger partial charge in [-0.15, -0.1) is 22.9 Å². The predicted octanol–water partition coefficient (Wildman–Crippen LogP) is 2.88. The molecule has 0 bridgehead atoms. The lowest BCUT2D eigenvalue weighted by molar-refractivity contribution is 0.582. The molecule has 2 heterocycles. The summed E-state index contributed by atoms with van der Waals surface area (Å²) in [5.41, 5.74) is 1.06. The molecule has 2 aromatic heterocycles. The summed E-state index contributed by atoms with van der Waals surface area (Å²) in [4.78, 5) is 8.39. The first-order chi connectivity index (χ1) is 7.31. The van der Waals surface area contributed by atoms with Gasteiger partial charge in [-0.1, -0.05) is 6.92 Å². The monoisotopic (exact) mass is 241 g/mol. The third kappa shape index (κ3) is 2.38. The van der Waals surface area contributed by atoms with Gasteiger partial charge in [0.2, 0.25) is 0 Å². The summed E-state index contributed by atoms with van der Waals surface area (Å²) < 4.78 is 2.08. The zero-order valence-electron chi connectivity index (χ0n) is 8.43. The van der Waals surface area contributed by atoms with E-state index in [0.717, 1.165) is 17.2 Å². The number of halogens is 1. The minimum atomic E-state index is 0.404. The molecule has 2 rings (SSSR count). The molecular weight excluding hydrogens is 230 g/mol. The quantitative estimate of drug-likeness (QED) is 0.771. The first kappa shape index (κ1) is 10.6. The molecule has 0 aliphatic rings. The van der Waals surface area contributed by atoms with Gasteiger partial charge < -0.3 is 4.57 Å². The maximum atomic E-state index is 5.81. The summed E-state index contributed by atoms with van der Waals surface area (Å²) in [5, 5.41) is 3.16. The van der Waals surface area contributed by atoms with Crippen molar-refractivity contribution in [3.63, 3.8) is 0 Å². The Kier molecular flexibility index (Phi) is 3.38. The van der Waals surface area contributed by atoms with Gasteiger partial charge in [0.25, 0.3) is 0 Å². The fraction of sp³-hybridized carbons (Fsp3) is 0.400. The van der Waals surface area contributed by atoms with Crippen LogP contribution in [0.5, 0.6) is 0 Å². The minimum absolute atomic E-state index is 0.404. The molecule has 2 aromatic rings. The van der Waals surface area contributed by atoms with Crippen molar-refractivity contribution >= 4 is 22.9 Å². The summed E-state index contributed by atoms with van der Waals surface area (Å²) in [6.45, 7) is 3.05. The Labute approximate surface area is 97.8 Å². The lowest BCUT2D eigenvalue weighted by atomic mass is 10.2. The van der Waals surface area contributed by atoms with Gasteiger partial charge in [-0.2, -0.15) is 0 Å². The van der Waals surface area contributed by atoms with Crippen molar-refractivity contribution in [2.75, 3.05) is 0 Å². The van der Waals surface area contributed by atoms with Crippen molar-refractivity contribution in [1.82, 2.24) is 14.5 Å². The highest BCUT2D eigenvalue weighted by atomic mass is 35.5. The van der Waals surface area contributed by atoms with Crippen LogP contribution >= 0.6 is 22.9 Å². The lowest BCUT2D eigenvalue weighted by Gasteiger charge is -2.11. The molecule has 0 saturated heterocycles. The molecule has 5 heteroatoms. The third-order valence-corrected chi connectivity index (χ3v) is 3.56. The van der Waals surface area contributed by atoms with E-state index < -0.39 is 0 Å². The molecule has 0 spiro atoms. The zero-order valence-corrected chi connectivity index (χ0v) is 10.0. The largest absolute Gasteiger partial charge is 0.333 e. The first-order valence-corrected chi connectivity index (χ1v) is 6.17. The average Bonchev–Trinajstić information content (AvgIpc) is 2.87. The van der Waals surface area contributed by atoms with Crippen molar-refractivity contribution in [3.8, 4) is 0 Å². The van der Waals surface area contributed by atoms with Crippen LogP contribution in [0.25, 0.3) is 0 Å². The second kappa shape index (κ2) is 4.77. The van der Waals surface area contributed by atoms with Crippen molar-refractivity contribution in [2.45, 2.75) is 25.3 Å². The summed E-state index contributed by atoms with van der Waals surface area (Å²) in [6.07, 6.45) is 5.47. The topological polar surface area (TPSA) is 30.7 Å². The van der Waals surface area contributed by atoms with Gasteiger partial charge in [0.15, 0.2) is 0 Å². The Bertz CT molecular complexity index is 410. The van der Waals surface area contributed by atoms with Gasteiger partial charge in [0.05, 0.1) is 22.9 Å². The van der Waals surface area contributed by atoms with Crippen LogP contribution in [0.15, 0.2) is 24.1 Å². The second-order valence-electron chi connectivity index (χ2n) is 3.44. The molecule has 1 atom stereocenters. The molecule has 0 aliphatic carbocycles. The van der Waals surface area contributed by atoms with Crippen LogP contribution in [0, 0.1) is 0 Å². The Morgan fingerprint density at radius 1 is 1.60 bits per heavy atom. The van der Waals surface area contributed by atoms with E-state index in [1.54, 1.807) is 11.3 Å². The van der Waals surface area contributed by atoms with Crippen molar-refractivity contribution < 1.29 is 0 Å². The highest BCUT2D eigenvalue weighted by molar-refractivity contribution is 7.09. The number of nitrogens with zero attached hydrogens (tertiary/aromatic N) is 3. The Balaban J connectivity index is 2.09. The summed E-state index contributed by atoms with van der Waals surface area (Å²) in [6, 6.07) is 0. The molecule has 0 N–H and O–H groups in total. The maximum absolute atomic E-state index is 5.81. The molecule has 0 fully saturated rings. The molecule has 15 heavy (non-hydrogen) atoms. The number of thiazole rings is 1. The molecule has 0 saturated carbocycles. The number of aromatic nitrogens is 3. The van der Waals surface area contributed by atoms with E-state index in [1.807, 2.05) is 24.1 Å². The van der Waals surface area contributed by atoms with E-state index in [4.69, 9.17) is 11.6 Å². The van der Waals surface area contributed by atoms with Crippen molar-refractivity contribution in [3.05, 3.63) is 34.8 Å². The molecule has 3 nitrogen and oxygen atoms in total. The van der Waals surface area contributed by atoms with Gasteiger partial charge >= 0.3 is 0 Å². The normalized spacial score (nSPS) is 12.9. The van der Waals surface area contributed by atoms with E-state index in [9.17, 15) is 0 Å². The Morgan fingerprint density at radius 3 is 3.13 bits per heavy atom. The smallest absolute Gasteiger partial charge is 0.0970 e. The zero-order chi connectivity index (χ0) is 10.7. The number of rotatable bonds is 4. The van der Waals surface area contributed by atoms with Crippen LogP contribution in [-0.4, -0.2) is 14.5 Å². The van der Waals surface area contributed by atoms with E-state index in [1.165, 1.54) is 0 Å². The van der Waals surface area contributed by atoms with Crippen LogP contribution < -0.4 is 0 Å². The van der Waals surface area contributed by atoms with E-state index in [2.05, 4.69) is 21.5 Å². The van der Waals surface area contributed by atoms with Crippen molar-refractivity contribution in [2.24, 2.45) is 0 Å². The first-order valence-electron chi connectivity index (χ1n) is 4.75. The third-order valence-electron chi connectivity index (χ3n) is 2.28. The Morgan fingerprint density at radius 2 is 2.47 bits per heavy atom. The highest BCUT2D eigenvalue weighted by Crippen LogP contribution is 2.20. The SMILES string of the molecule is CC(Cn1cncc1CCl)c1nccs1.